The molecule has 0 saturated heterocycles. The van der Waals surface area contributed by atoms with E-state index in [-0.39, 0.29) is 22.9 Å². The lowest BCUT2D eigenvalue weighted by molar-refractivity contribution is 0.823. The zero-order chi connectivity index (χ0) is 5.86. The Labute approximate surface area is 51.7 Å². The molecule has 7 heteroatoms. The Balaban J connectivity index is -0.000000180. The van der Waals surface area contributed by atoms with Gasteiger partial charge in [-0.25, -0.2) is 0 Å². The van der Waals surface area contributed by atoms with E-state index in [4.69, 9.17) is 22.3 Å². The lowest BCUT2D eigenvalue weighted by atomic mass is 10.9. The first-order chi connectivity index (χ1) is 3.13. The van der Waals surface area contributed by atoms with E-state index in [2.05, 4.69) is 0 Å². The van der Waals surface area contributed by atoms with Crippen molar-refractivity contribution in [1.82, 2.24) is 5.32 Å². The molecule has 0 radical (unpaired) electrons. The minimum Gasteiger partial charge on any atom is -0.412 e. The molecule has 0 unspecified atom stereocenters. The highest BCUT2D eigenvalue weighted by atomic mass is 16.0. The summed E-state index contributed by atoms with van der Waals surface area (Å²) >= 11 is 0. The van der Waals surface area contributed by atoms with Gasteiger partial charge in [0.15, 0.2) is 11.9 Å². The Bertz CT molecular complexity index is 89.1. The summed E-state index contributed by atoms with van der Waals surface area (Å²) in [5.74, 6) is -0.625. The van der Waals surface area contributed by atoms with Crippen LogP contribution in [-0.2, 0) is 0 Å². The van der Waals surface area contributed by atoms with E-state index in [0.29, 0.717) is 0 Å². The van der Waals surface area contributed by atoms with Crippen molar-refractivity contribution in [3.05, 3.63) is 0 Å². The molecule has 56 valence electrons. The van der Waals surface area contributed by atoms with E-state index >= 15 is 0 Å². The highest BCUT2D eigenvalue weighted by Gasteiger charge is 1.83. The molecule has 0 aliphatic carbocycles. The van der Waals surface area contributed by atoms with Crippen LogP contribution in [0.5, 0.6) is 0 Å². The molecule has 0 atom stereocenters. The van der Waals surface area contributed by atoms with Crippen LogP contribution in [0.2, 0.25) is 0 Å². The molecular weight excluding hydrogens is 126 g/mol. The predicted molar refractivity (Wildman–Crippen MR) is 34.2 cm³/mol. The smallest absolute Gasteiger partial charge is 0.192 e. The molecule has 0 rings (SSSR count). The summed E-state index contributed by atoms with van der Waals surface area (Å²) in [4.78, 5) is 0. The largest absolute Gasteiger partial charge is 0.412 e. The van der Waals surface area contributed by atoms with Crippen molar-refractivity contribution >= 4 is 11.9 Å². The summed E-state index contributed by atoms with van der Waals surface area (Å²) in [5.41, 5.74) is 9.49. The molecule has 11 N–H and O–H groups in total. The average Bonchev–Trinajstić information content (AvgIpc) is 1.27. The van der Waals surface area contributed by atoms with Gasteiger partial charge in [-0.05, 0) is 0 Å². The van der Waals surface area contributed by atoms with Gasteiger partial charge in [0.1, 0.15) is 0 Å². The van der Waals surface area contributed by atoms with E-state index in [9.17, 15) is 0 Å². The monoisotopic (exact) mass is 137 g/mol. The first kappa shape index (κ1) is 15.6. The van der Waals surface area contributed by atoms with Crippen molar-refractivity contribution in [2.75, 3.05) is 0 Å². The van der Waals surface area contributed by atoms with Gasteiger partial charge in [-0.1, -0.05) is 0 Å². The molecule has 0 aliphatic rings. The van der Waals surface area contributed by atoms with Crippen molar-refractivity contribution in [2.45, 2.75) is 0 Å². The molecule has 0 aliphatic heterocycles. The molecule has 0 bridgehead atoms. The van der Waals surface area contributed by atoms with Crippen LogP contribution in [0.4, 0.5) is 0 Å². The van der Waals surface area contributed by atoms with Crippen LogP contribution in [0.15, 0.2) is 0 Å². The van der Waals surface area contributed by atoms with Gasteiger partial charge in [-0.2, -0.15) is 0 Å². The van der Waals surface area contributed by atoms with Gasteiger partial charge >= 0.3 is 0 Å². The van der Waals surface area contributed by atoms with Crippen molar-refractivity contribution in [2.24, 2.45) is 11.5 Å². The quantitative estimate of drug-likeness (QED) is 0.174. The Kier molecular flexibility index (Phi) is 11.6. The molecule has 0 aromatic carbocycles. The van der Waals surface area contributed by atoms with E-state index in [1.54, 1.807) is 0 Å². The third-order valence-electron chi connectivity index (χ3n) is 0.269. The van der Waals surface area contributed by atoms with Gasteiger partial charge in [0.25, 0.3) is 0 Å². The molecule has 7 nitrogen and oxygen atoms in total. The zero-order valence-electron chi connectivity index (χ0n) is 4.65. The number of hydrogen-bond acceptors (Lipinski definition) is 2. The van der Waals surface area contributed by atoms with Crippen LogP contribution in [0.3, 0.4) is 0 Å². The van der Waals surface area contributed by atoms with Gasteiger partial charge in [0.2, 0.25) is 0 Å². The lowest BCUT2D eigenvalue weighted by Crippen LogP contribution is -2.39. The molecule has 0 aromatic heterocycles. The lowest BCUT2D eigenvalue weighted by Gasteiger charge is -1.95. The fraction of sp³-hybridized carbons (Fsp3) is 0. The Hall–Kier alpha value is -1.34. The molecule has 0 saturated carbocycles. The maximum atomic E-state index is 6.47. The summed E-state index contributed by atoms with van der Waals surface area (Å²) in [6.07, 6.45) is 0. The van der Waals surface area contributed by atoms with E-state index in [1.165, 1.54) is 0 Å². The fourth-order valence-corrected chi connectivity index (χ4v) is 0.145. The second kappa shape index (κ2) is 6.66. The van der Waals surface area contributed by atoms with Crippen LogP contribution in [-0.4, -0.2) is 22.9 Å². The molecule has 0 amide bonds. The van der Waals surface area contributed by atoms with Gasteiger partial charge in [0.05, 0.1) is 0 Å². The van der Waals surface area contributed by atoms with Crippen LogP contribution in [0.25, 0.3) is 0 Å². The van der Waals surface area contributed by atoms with E-state index in [0.717, 1.165) is 0 Å². The SMILES string of the molecule is N=C(N)NC(=N)N.O.O. The fourth-order valence-electron chi connectivity index (χ4n) is 0.145. The Morgan fingerprint density at radius 3 is 1.22 bits per heavy atom. The molecular formula is C2H11N5O2. The van der Waals surface area contributed by atoms with E-state index in [1.807, 2.05) is 5.32 Å². The van der Waals surface area contributed by atoms with Crippen LogP contribution >= 0.6 is 0 Å². The molecule has 0 fully saturated rings. The number of nitrogens with one attached hydrogen (secondary N) is 3. The molecule has 0 spiro atoms. The minimum atomic E-state index is -0.312. The second-order valence-corrected chi connectivity index (χ2v) is 0.952. The maximum Gasteiger partial charge on any atom is 0.192 e. The van der Waals surface area contributed by atoms with Crippen molar-refractivity contribution in [3.8, 4) is 0 Å². The van der Waals surface area contributed by atoms with Gasteiger partial charge < -0.3 is 22.4 Å². The number of nitrogens with two attached hydrogens (primary N) is 2. The molecule has 0 heterocycles. The van der Waals surface area contributed by atoms with Crippen molar-refractivity contribution in [3.63, 3.8) is 0 Å². The minimum absolute atomic E-state index is 0. The van der Waals surface area contributed by atoms with Crippen LogP contribution in [0, 0.1) is 10.8 Å². The first-order valence-electron chi connectivity index (χ1n) is 1.58. The third-order valence-corrected chi connectivity index (χ3v) is 0.269. The van der Waals surface area contributed by atoms with Crippen LogP contribution in [0.1, 0.15) is 0 Å². The summed E-state index contributed by atoms with van der Waals surface area (Å²) in [6, 6.07) is 0. The van der Waals surface area contributed by atoms with Crippen molar-refractivity contribution in [1.29, 1.82) is 10.8 Å². The average molecular weight is 137 g/mol. The maximum absolute atomic E-state index is 6.47. The van der Waals surface area contributed by atoms with Gasteiger partial charge in [-0.15, -0.1) is 0 Å². The third kappa shape index (κ3) is 20.4. The Morgan fingerprint density at radius 2 is 1.22 bits per heavy atom. The molecule has 9 heavy (non-hydrogen) atoms. The normalized spacial score (nSPS) is 5.78. The summed E-state index contributed by atoms with van der Waals surface area (Å²) < 4.78 is 0. The zero-order valence-corrected chi connectivity index (χ0v) is 4.65. The predicted octanol–water partition coefficient (Wildman–Crippen LogP) is -3.29. The summed E-state index contributed by atoms with van der Waals surface area (Å²) in [7, 11) is 0. The number of rotatable bonds is 0. The second-order valence-electron chi connectivity index (χ2n) is 0.952. The summed E-state index contributed by atoms with van der Waals surface area (Å²) in [5, 5.41) is 15.0. The van der Waals surface area contributed by atoms with Crippen LogP contribution < -0.4 is 16.8 Å². The number of hydrogen-bond donors (Lipinski definition) is 5. The summed E-state index contributed by atoms with van der Waals surface area (Å²) in [6.45, 7) is 0. The van der Waals surface area contributed by atoms with Gasteiger partial charge in [-0.3, -0.25) is 16.1 Å². The number of guanidine groups is 2. The molecule has 0 aromatic rings. The topological polar surface area (TPSA) is 175 Å². The van der Waals surface area contributed by atoms with Crippen molar-refractivity contribution < 1.29 is 11.0 Å². The van der Waals surface area contributed by atoms with Gasteiger partial charge in [0, 0.05) is 0 Å². The first-order valence-corrected chi connectivity index (χ1v) is 1.58. The van der Waals surface area contributed by atoms with E-state index < -0.39 is 0 Å². The highest BCUT2D eigenvalue weighted by molar-refractivity contribution is 5.93. The Morgan fingerprint density at radius 1 is 1.00 bits per heavy atom. The highest BCUT2D eigenvalue weighted by Crippen LogP contribution is 1.44. The standard InChI is InChI=1S/C2H7N5.2H2O/c3-1(4)7-2(5)6;;/h(H7,3,4,5,6,7);2*1H2.